The monoisotopic (exact) mass is 331 g/mol. The molecule has 8 heteroatoms. The number of nitrogens with zero attached hydrogens (tertiary/aromatic N) is 1. The Labute approximate surface area is 126 Å². The molecule has 0 aliphatic rings. The molecule has 0 saturated heterocycles. The fourth-order valence-corrected chi connectivity index (χ4v) is 5.69. The van der Waals surface area contributed by atoms with Gasteiger partial charge in [0.2, 0.25) is 10.0 Å². The number of hydrogen-bond acceptors (Lipinski definition) is 6. The first-order valence-electron chi connectivity index (χ1n) is 6.06. The average molecular weight is 331 g/mol. The van der Waals surface area contributed by atoms with E-state index in [1.807, 2.05) is 17.7 Å². The number of thiophene rings is 1. The number of nitrogens with two attached hydrogens (primary N) is 1. The quantitative estimate of drug-likeness (QED) is 0.880. The first-order chi connectivity index (χ1) is 9.35. The minimum Gasteiger partial charge on any atom is -0.326 e. The number of hydrogen-bond donors (Lipinski definition) is 2. The van der Waals surface area contributed by atoms with Gasteiger partial charge < -0.3 is 5.73 Å². The molecule has 3 N–H and O–H groups in total. The lowest BCUT2D eigenvalue weighted by Crippen LogP contribution is -2.28. The summed E-state index contributed by atoms with van der Waals surface area (Å²) in [5.74, 6) is 0. The molecule has 0 radical (unpaired) electrons. The molecule has 0 aromatic carbocycles. The molecule has 1 atom stereocenters. The van der Waals surface area contributed by atoms with E-state index in [0.29, 0.717) is 9.77 Å². The lowest BCUT2D eigenvalue weighted by Gasteiger charge is -2.13. The number of rotatable bonds is 5. The van der Waals surface area contributed by atoms with Crippen molar-refractivity contribution in [1.82, 2.24) is 9.71 Å². The average Bonchev–Trinajstić information content (AvgIpc) is 2.94. The van der Waals surface area contributed by atoms with Gasteiger partial charge in [0.05, 0.1) is 6.04 Å². The summed E-state index contributed by atoms with van der Waals surface area (Å²) < 4.78 is 27.7. The molecule has 0 amide bonds. The van der Waals surface area contributed by atoms with Crippen LogP contribution in [0, 0.1) is 13.8 Å². The summed E-state index contributed by atoms with van der Waals surface area (Å²) in [4.78, 5) is 5.30. The van der Waals surface area contributed by atoms with Gasteiger partial charge in [0.25, 0.3) is 0 Å². The summed E-state index contributed by atoms with van der Waals surface area (Å²) in [5.41, 5.74) is 7.24. The van der Waals surface area contributed by atoms with Gasteiger partial charge in [-0.3, -0.25) is 0 Å². The Balaban J connectivity index is 2.29. The molecule has 1 unspecified atom stereocenters. The summed E-state index contributed by atoms with van der Waals surface area (Å²) in [6.45, 7) is 5.68. The third-order valence-corrected chi connectivity index (χ3v) is 6.95. The van der Waals surface area contributed by atoms with Gasteiger partial charge in [0, 0.05) is 22.5 Å². The lowest BCUT2D eigenvalue weighted by molar-refractivity contribution is 0.565. The summed E-state index contributed by atoms with van der Waals surface area (Å²) in [6.07, 6.45) is 0. The van der Waals surface area contributed by atoms with Gasteiger partial charge in [-0.1, -0.05) is 0 Å². The van der Waals surface area contributed by atoms with Gasteiger partial charge in [0.1, 0.15) is 9.90 Å². The molecule has 0 bridgehead atoms. The SMILES string of the molecule is Cc1csc(C(C)NS(=O)(=O)c2c(C)csc2CN)n1. The Morgan fingerprint density at radius 3 is 2.60 bits per heavy atom. The molecule has 0 aliphatic carbocycles. The van der Waals surface area contributed by atoms with Crippen LogP contribution in [0.4, 0.5) is 0 Å². The highest BCUT2D eigenvalue weighted by Crippen LogP contribution is 2.28. The van der Waals surface area contributed by atoms with E-state index in [-0.39, 0.29) is 12.6 Å². The zero-order chi connectivity index (χ0) is 14.9. The molecule has 0 fully saturated rings. The van der Waals surface area contributed by atoms with Gasteiger partial charge in [0.15, 0.2) is 0 Å². The zero-order valence-corrected chi connectivity index (χ0v) is 14.0. The molecule has 110 valence electrons. The first-order valence-corrected chi connectivity index (χ1v) is 9.30. The van der Waals surface area contributed by atoms with E-state index >= 15 is 0 Å². The maximum Gasteiger partial charge on any atom is 0.242 e. The van der Waals surface area contributed by atoms with E-state index in [9.17, 15) is 8.42 Å². The largest absolute Gasteiger partial charge is 0.326 e. The summed E-state index contributed by atoms with van der Waals surface area (Å²) >= 11 is 2.82. The fourth-order valence-electron chi connectivity index (χ4n) is 1.90. The second-order valence-electron chi connectivity index (χ2n) is 4.55. The normalized spacial score (nSPS) is 13.6. The molecule has 0 saturated carbocycles. The summed E-state index contributed by atoms with van der Waals surface area (Å²) in [6, 6.07) is -0.358. The number of aryl methyl sites for hydroxylation is 2. The number of aromatic nitrogens is 1. The van der Waals surface area contributed by atoms with Crippen molar-refractivity contribution in [3.05, 3.63) is 31.9 Å². The molecule has 2 rings (SSSR count). The number of sulfonamides is 1. The van der Waals surface area contributed by atoms with Crippen LogP contribution in [0.1, 0.15) is 34.1 Å². The van der Waals surface area contributed by atoms with E-state index in [0.717, 1.165) is 16.3 Å². The second kappa shape index (κ2) is 5.90. The van der Waals surface area contributed by atoms with Crippen LogP contribution in [-0.4, -0.2) is 13.4 Å². The van der Waals surface area contributed by atoms with Gasteiger partial charge in [-0.05, 0) is 31.7 Å². The van der Waals surface area contributed by atoms with Crippen LogP contribution in [0.15, 0.2) is 15.7 Å². The van der Waals surface area contributed by atoms with Crippen molar-refractivity contribution in [2.75, 3.05) is 0 Å². The van der Waals surface area contributed by atoms with Crippen LogP contribution in [0.2, 0.25) is 0 Å². The number of thiazole rings is 1. The highest BCUT2D eigenvalue weighted by atomic mass is 32.2. The van der Waals surface area contributed by atoms with Crippen molar-refractivity contribution in [2.45, 2.75) is 38.3 Å². The molecule has 20 heavy (non-hydrogen) atoms. The van der Waals surface area contributed by atoms with E-state index in [1.165, 1.54) is 22.7 Å². The van der Waals surface area contributed by atoms with E-state index < -0.39 is 10.0 Å². The molecule has 0 spiro atoms. The maximum atomic E-state index is 12.5. The third-order valence-electron chi connectivity index (χ3n) is 2.78. The fraction of sp³-hybridized carbons (Fsp3) is 0.417. The second-order valence-corrected chi connectivity index (χ2v) is 8.05. The van der Waals surface area contributed by atoms with Gasteiger partial charge in [-0.15, -0.1) is 22.7 Å². The van der Waals surface area contributed by atoms with Crippen LogP contribution >= 0.6 is 22.7 Å². The minimum absolute atomic E-state index is 0.222. The van der Waals surface area contributed by atoms with Crippen LogP contribution in [0.3, 0.4) is 0 Å². The standard InChI is InChI=1S/C12H17N3O2S3/c1-7-5-18-10(4-13)11(7)20(16,17)15-9(3)12-14-8(2)6-19-12/h5-6,9,15H,4,13H2,1-3H3. The number of nitrogens with one attached hydrogen (secondary N) is 1. The predicted molar refractivity (Wildman–Crippen MR) is 82.5 cm³/mol. The van der Waals surface area contributed by atoms with Crippen molar-refractivity contribution in [3.8, 4) is 0 Å². The van der Waals surface area contributed by atoms with Crippen molar-refractivity contribution in [2.24, 2.45) is 5.73 Å². The highest BCUT2D eigenvalue weighted by Gasteiger charge is 2.25. The molecule has 2 aromatic rings. The van der Waals surface area contributed by atoms with Gasteiger partial charge in [-0.2, -0.15) is 0 Å². The molecule has 2 heterocycles. The van der Waals surface area contributed by atoms with Crippen LogP contribution in [0.25, 0.3) is 0 Å². The third kappa shape index (κ3) is 3.09. The Bertz CT molecular complexity index is 703. The zero-order valence-electron chi connectivity index (χ0n) is 11.5. The van der Waals surface area contributed by atoms with Gasteiger partial charge >= 0.3 is 0 Å². The van der Waals surface area contributed by atoms with Crippen molar-refractivity contribution < 1.29 is 8.42 Å². The summed E-state index contributed by atoms with van der Waals surface area (Å²) in [7, 11) is -3.58. The highest BCUT2D eigenvalue weighted by molar-refractivity contribution is 7.89. The van der Waals surface area contributed by atoms with Crippen molar-refractivity contribution in [3.63, 3.8) is 0 Å². The molecular formula is C12H17N3O2S3. The molecule has 5 nitrogen and oxygen atoms in total. The predicted octanol–water partition coefficient (Wildman–Crippen LogP) is 2.32. The minimum atomic E-state index is -3.58. The van der Waals surface area contributed by atoms with Crippen LogP contribution in [0.5, 0.6) is 0 Å². The Morgan fingerprint density at radius 1 is 1.35 bits per heavy atom. The van der Waals surface area contributed by atoms with Gasteiger partial charge in [-0.25, -0.2) is 18.1 Å². The Morgan fingerprint density at radius 2 is 2.05 bits per heavy atom. The Kier molecular flexibility index (Phi) is 4.60. The van der Waals surface area contributed by atoms with Crippen molar-refractivity contribution >= 4 is 32.7 Å². The molecule has 2 aromatic heterocycles. The lowest BCUT2D eigenvalue weighted by atomic mass is 10.3. The topological polar surface area (TPSA) is 85.1 Å². The van der Waals surface area contributed by atoms with E-state index in [4.69, 9.17) is 5.73 Å². The van der Waals surface area contributed by atoms with Crippen molar-refractivity contribution in [1.29, 1.82) is 0 Å². The summed E-state index contributed by atoms with van der Waals surface area (Å²) in [5, 5.41) is 4.48. The van der Waals surface area contributed by atoms with Crippen LogP contribution in [-0.2, 0) is 16.6 Å². The molecular weight excluding hydrogens is 314 g/mol. The van der Waals surface area contributed by atoms with E-state index in [1.54, 1.807) is 13.8 Å². The van der Waals surface area contributed by atoms with E-state index in [2.05, 4.69) is 9.71 Å². The smallest absolute Gasteiger partial charge is 0.242 e. The molecule has 0 aliphatic heterocycles. The Hall–Kier alpha value is -0.800. The maximum absolute atomic E-state index is 12.5. The van der Waals surface area contributed by atoms with Crippen LogP contribution < -0.4 is 10.5 Å². The first kappa shape index (κ1) is 15.6.